The number of carbonyl (C=O) groups is 3. The molecule has 7 heteroatoms. The molecule has 1 N–H and O–H groups in total. The van der Waals surface area contributed by atoms with Gasteiger partial charge in [0.05, 0.1) is 23.4 Å². The summed E-state index contributed by atoms with van der Waals surface area (Å²) in [6, 6.07) is 16.6. The van der Waals surface area contributed by atoms with E-state index in [1.807, 2.05) is 26.0 Å². The van der Waals surface area contributed by atoms with Gasteiger partial charge < -0.3 is 14.7 Å². The summed E-state index contributed by atoms with van der Waals surface area (Å²) in [5, 5.41) is 11.3. The Kier molecular flexibility index (Phi) is 6.78. The molecule has 0 radical (unpaired) electrons. The van der Waals surface area contributed by atoms with Crippen LogP contribution in [0.15, 0.2) is 72.4 Å². The van der Waals surface area contributed by atoms with Crippen LogP contribution in [0, 0.1) is 13.8 Å². The number of ether oxygens (including phenoxy) is 1. The summed E-state index contributed by atoms with van der Waals surface area (Å²) in [6.07, 6.45) is 1.58. The highest BCUT2D eigenvalue weighted by atomic mass is 16.5. The Balaban J connectivity index is 1.77. The van der Waals surface area contributed by atoms with Gasteiger partial charge in [-0.1, -0.05) is 35.9 Å². The highest BCUT2D eigenvalue weighted by molar-refractivity contribution is 6.46. The Morgan fingerprint density at radius 3 is 2.46 bits per heavy atom. The molecule has 2 heterocycles. The van der Waals surface area contributed by atoms with Crippen LogP contribution in [0.3, 0.4) is 0 Å². The zero-order valence-corrected chi connectivity index (χ0v) is 19.8. The summed E-state index contributed by atoms with van der Waals surface area (Å²) in [4.78, 5) is 44.2. The monoisotopic (exact) mass is 470 g/mol. The standard InChI is InChI=1S/C28H26N2O5/c1-4-35-28(34)20-12-10-19(11-13-20)16-30-24(22-7-5-6-14-29-22)23(26(32)27(30)33)25(31)21-15-17(2)8-9-18(21)3/h5-15,24,31H,4,16H2,1-3H3/b25-23+. The quantitative estimate of drug-likeness (QED) is 0.247. The predicted octanol–water partition coefficient (Wildman–Crippen LogP) is 4.50. The van der Waals surface area contributed by atoms with Crippen molar-refractivity contribution >= 4 is 23.4 Å². The van der Waals surface area contributed by atoms with Gasteiger partial charge in [-0.05, 0) is 62.2 Å². The van der Waals surface area contributed by atoms with Crippen molar-refractivity contribution in [2.24, 2.45) is 0 Å². The average molecular weight is 471 g/mol. The number of likely N-dealkylation sites (tertiary alicyclic amines) is 1. The third kappa shape index (κ3) is 4.71. The third-order valence-electron chi connectivity index (χ3n) is 5.97. The molecule has 1 unspecified atom stereocenters. The number of Topliss-reactive ketones (excluding diaryl/α,β-unsaturated/α-hetero) is 1. The molecule has 1 amide bonds. The van der Waals surface area contributed by atoms with Crippen molar-refractivity contribution in [3.05, 3.63) is 106 Å². The Bertz CT molecular complexity index is 1310. The van der Waals surface area contributed by atoms with Crippen LogP contribution in [-0.2, 0) is 20.9 Å². The number of benzene rings is 2. The average Bonchev–Trinajstić information content (AvgIpc) is 3.11. The molecule has 35 heavy (non-hydrogen) atoms. The van der Waals surface area contributed by atoms with Gasteiger partial charge in [-0.2, -0.15) is 0 Å². The van der Waals surface area contributed by atoms with Crippen molar-refractivity contribution in [3.8, 4) is 0 Å². The van der Waals surface area contributed by atoms with Gasteiger partial charge in [-0.25, -0.2) is 4.79 Å². The summed E-state index contributed by atoms with van der Waals surface area (Å²) in [7, 11) is 0. The number of hydrogen-bond acceptors (Lipinski definition) is 6. The highest BCUT2D eigenvalue weighted by Crippen LogP contribution is 2.40. The third-order valence-corrected chi connectivity index (χ3v) is 5.97. The zero-order chi connectivity index (χ0) is 25.1. The van der Waals surface area contributed by atoms with Gasteiger partial charge in [0.2, 0.25) is 0 Å². The topological polar surface area (TPSA) is 96.8 Å². The Morgan fingerprint density at radius 1 is 1.06 bits per heavy atom. The molecule has 2 aromatic carbocycles. The second-order valence-electron chi connectivity index (χ2n) is 8.42. The van der Waals surface area contributed by atoms with Crippen LogP contribution in [0.25, 0.3) is 5.76 Å². The molecule has 1 aliphatic rings. The van der Waals surface area contributed by atoms with Crippen LogP contribution in [0.5, 0.6) is 0 Å². The molecular formula is C28H26N2O5. The first-order chi connectivity index (χ1) is 16.8. The second kappa shape index (κ2) is 9.93. The van der Waals surface area contributed by atoms with E-state index in [-0.39, 0.29) is 24.5 Å². The fourth-order valence-corrected chi connectivity index (χ4v) is 4.18. The van der Waals surface area contributed by atoms with E-state index in [0.29, 0.717) is 22.4 Å². The number of hydrogen-bond donors (Lipinski definition) is 1. The van der Waals surface area contributed by atoms with E-state index in [4.69, 9.17) is 4.74 Å². The first kappa shape index (κ1) is 23.9. The van der Waals surface area contributed by atoms with E-state index >= 15 is 0 Å². The van der Waals surface area contributed by atoms with E-state index in [1.165, 1.54) is 4.90 Å². The Morgan fingerprint density at radius 2 is 1.80 bits per heavy atom. The van der Waals surface area contributed by atoms with Gasteiger partial charge in [0, 0.05) is 18.3 Å². The molecule has 3 aromatic rings. The Hall–Kier alpha value is -4.26. The van der Waals surface area contributed by atoms with Crippen molar-refractivity contribution < 1.29 is 24.2 Å². The fourth-order valence-electron chi connectivity index (χ4n) is 4.18. The first-order valence-corrected chi connectivity index (χ1v) is 11.3. The smallest absolute Gasteiger partial charge is 0.338 e. The van der Waals surface area contributed by atoms with E-state index in [0.717, 1.165) is 11.1 Å². The van der Waals surface area contributed by atoms with Crippen LogP contribution in [0.2, 0.25) is 0 Å². The predicted molar refractivity (Wildman–Crippen MR) is 130 cm³/mol. The highest BCUT2D eigenvalue weighted by Gasteiger charge is 2.46. The molecule has 0 aliphatic carbocycles. The summed E-state index contributed by atoms with van der Waals surface area (Å²) < 4.78 is 5.02. The minimum Gasteiger partial charge on any atom is -0.507 e. The summed E-state index contributed by atoms with van der Waals surface area (Å²) >= 11 is 0. The maximum absolute atomic E-state index is 13.2. The van der Waals surface area contributed by atoms with Crippen molar-refractivity contribution in [2.75, 3.05) is 6.61 Å². The van der Waals surface area contributed by atoms with Gasteiger partial charge in [0.15, 0.2) is 0 Å². The normalized spacial score (nSPS) is 17.0. The molecule has 1 saturated heterocycles. The number of aromatic nitrogens is 1. The lowest BCUT2D eigenvalue weighted by Gasteiger charge is -2.24. The number of nitrogens with zero attached hydrogens (tertiary/aromatic N) is 2. The van der Waals surface area contributed by atoms with Gasteiger partial charge in [-0.3, -0.25) is 14.6 Å². The molecule has 1 atom stereocenters. The largest absolute Gasteiger partial charge is 0.507 e. The van der Waals surface area contributed by atoms with Crippen LogP contribution in [-0.4, -0.2) is 39.3 Å². The minimum atomic E-state index is -0.860. The number of pyridine rings is 1. The number of esters is 1. The minimum absolute atomic E-state index is 0.00513. The van der Waals surface area contributed by atoms with Crippen LogP contribution in [0.4, 0.5) is 0 Å². The SMILES string of the molecule is CCOC(=O)c1ccc(CN2C(=O)C(=O)/C(=C(/O)c3cc(C)ccc3C)C2c2ccccn2)cc1. The number of aryl methyl sites for hydroxylation is 2. The number of aliphatic hydroxyl groups is 1. The zero-order valence-electron chi connectivity index (χ0n) is 19.8. The molecule has 0 saturated carbocycles. The van der Waals surface area contributed by atoms with Crippen LogP contribution >= 0.6 is 0 Å². The van der Waals surface area contributed by atoms with Gasteiger partial charge >= 0.3 is 5.97 Å². The number of aliphatic hydroxyl groups excluding tert-OH is 1. The maximum Gasteiger partial charge on any atom is 0.338 e. The molecule has 1 aromatic heterocycles. The molecule has 178 valence electrons. The number of rotatable bonds is 6. The van der Waals surface area contributed by atoms with Gasteiger partial charge in [0.1, 0.15) is 11.8 Å². The summed E-state index contributed by atoms with van der Waals surface area (Å²) in [5.74, 6) is -2.13. The molecule has 1 aliphatic heterocycles. The van der Waals surface area contributed by atoms with Crippen LogP contribution in [0.1, 0.15) is 51.3 Å². The van der Waals surface area contributed by atoms with Crippen molar-refractivity contribution in [1.29, 1.82) is 0 Å². The molecular weight excluding hydrogens is 444 g/mol. The number of ketones is 1. The molecule has 0 bridgehead atoms. The molecule has 7 nitrogen and oxygen atoms in total. The van der Waals surface area contributed by atoms with E-state index < -0.39 is 23.7 Å². The first-order valence-electron chi connectivity index (χ1n) is 11.3. The van der Waals surface area contributed by atoms with E-state index in [1.54, 1.807) is 61.7 Å². The lowest BCUT2D eigenvalue weighted by molar-refractivity contribution is -0.140. The van der Waals surface area contributed by atoms with E-state index in [2.05, 4.69) is 4.98 Å². The summed E-state index contributed by atoms with van der Waals surface area (Å²) in [6.45, 7) is 5.84. The summed E-state index contributed by atoms with van der Waals surface area (Å²) in [5.41, 5.74) is 3.80. The maximum atomic E-state index is 13.2. The van der Waals surface area contributed by atoms with Crippen LogP contribution < -0.4 is 0 Å². The van der Waals surface area contributed by atoms with E-state index in [9.17, 15) is 19.5 Å². The van der Waals surface area contributed by atoms with Crippen molar-refractivity contribution in [3.63, 3.8) is 0 Å². The second-order valence-corrected chi connectivity index (χ2v) is 8.42. The van der Waals surface area contributed by atoms with Gasteiger partial charge in [0.25, 0.3) is 11.7 Å². The van der Waals surface area contributed by atoms with Crippen molar-refractivity contribution in [2.45, 2.75) is 33.4 Å². The fraction of sp³-hybridized carbons (Fsp3) is 0.214. The van der Waals surface area contributed by atoms with Crippen molar-refractivity contribution in [1.82, 2.24) is 9.88 Å². The lowest BCUT2D eigenvalue weighted by atomic mass is 9.95. The number of carbonyl (C=O) groups excluding carboxylic acids is 3. The van der Waals surface area contributed by atoms with Gasteiger partial charge in [-0.15, -0.1) is 0 Å². The lowest BCUT2D eigenvalue weighted by Crippen LogP contribution is -2.29. The number of amides is 1. The Labute approximate surface area is 203 Å². The molecule has 0 spiro atoms. The molecule has 1 fully saturated rings. The molecule has 4 rings (SSSR count).